The molecular formula is C24H21N3O4S. The Bertz CT molecular complexity index is 1320. The highest BCUT2D eigenvalue weighted by atomic mass is 32.2. The van der Waals surface area contributed by atoms with E-state index in [1.165, 1.54) is 4.31 Å². The summed E-state index contributed by atoms with van der Waals surface area (Å²) in [5.41, 5.74) is 2.86. The first-order valence-electron chi connectivity index (χ1n) is 10.00. The van der Waals surface area contributed by atoms with Crippen LogP contribution in [0.4, 0.5) is 11.4 Å². The summed E-state index contributed by atoms with van der Waals surface area (Å²) in [6.07, 6.45) is 2.86. The molecule has 0 bridgehead atoms. The number of hydrogen-bond donors (Lipinski definition) is 0. The Hall–Kier alpha value is -3.67. The Labute approximate surface area is 186 Å². The summed E-state index contributed by atoms with van der Waals surface area (Å²) in [6, 6.07) is 22.3. The van der Waals surface area contributed by atoms with Crippen LogP contribution in [0.1, 0.15) is 23.5 Å². The SMILES string of the molecule is CS(=O)(=O)N(CCC#N)Cc1ccc(/C=C2\C(=O)N(c3ccccc3)c3ccccc32)o1. The fraction of sp³-hybridized carbons (Fsp3) is 0.167. The summed E-state index contributed by atoms with van der Waals surface area (Å²) < 4.78 is 31.0. The van der Waals surface area contributed by atoms with Crippen molar-refractivity contribution in [3.8, 4) is 6.07 Å². The predicted molar refractivity (Wildman–Crippen MR) is 122 cm³/mol. The second-order valence-electron chi connectivity index (χ2n) is 7.36. The number of furan rings is 1. The summed E-state index contributed by atoms with van der Waals surface area (Å²) in [5.74, 6) is 0.711. The molecule has 1 aliphatic rings. The lowest BCUT2D eigenvalue weighted by molar-refractivity contribution is -0.112. The molecule has 1 amide bonds. The third kappa shape index (κ3) is 4.35. The average molecular weight is 448 g/mol. The van der Waals surface area contributed by atoms with Crippen molar-refractivity contribution in [2.75, 3.05) is 17.7 Å². The number of para-hydroxylation sites is 2. The number of benzene rings is 2. The highest BCUT2D eigenvalue weighted by Gasteiger charge is 2.33. The lowest BCUT2D eigenvalue weighted by Gasteiger charge is -2.17. The lowest BCUT2D eigenvalue weighted by atomic mass is 10.1. The third-order valence-electron chi connectivity index (χ3n) is 5.13. The molecule has 1 aromatic heterocycles. The van der Waals surface area contributed by atoms with Gasteiger partial charge in [-0.25, -0.2) is 8.42 Å². The van der Waals surface area contributed by atoms with E-state index in [4.69, 9.17) is 9.68 Å². The van der Waals surface area contributed by atoms with Gasteiger partial charge in [0.1, 0.15) is 11.5 Å². The van der Waals surface area contributed by atoms with Gasteiger partial charge in [-0.2, -0.15) is 9.57 Å². The Morgan fingerprint density at radius 1 is 1.06 bits per heavy atom. The second-order valence-corrected chi connectivity index (χ2v) is 9.34. The average Bonchev–Trinajstić information content (AvgIpc) is 3.33. The standard InChI is InChI=1S/C24H21N3O4S/c1-32(29,30)26(15-7-14-25)17-20-13-12-19(31-20)16-22-21-10-5-6-11-23(21)27(24(22)28)18-8-3-2-4-9-18/h2-6,8-13,16H,7,15,17H2,1H3/b22-16-. The minimum absolute atomic E-state index is 0.0182. The molecule has 2 aromatic carbocycles. The van der Waals surface area contributed by atoms with Crippen LogP contribution < -0.4 is 4.90 Å². The van der Waals surface area contributed by atoms with Gasteiger partial charge in [-0.3, -0.25) is 9.69 Å². The molecule has 0 atom stereocenters. The molecule has 0 N–H and O–H groups in total. The highest BCUT2D eigenvalue weighted by molar-refractivity contribution is 7.88. The van der Waals surface area contributed by atoms with Gasteiger partial charge in [0.05, 0.1) is 30.1 Å². The molecule has 0 radical (unpaired) electrons. The zero-order valence-electron chi connectivity index (χ0n) is 17.4. The minimum Gasteiger partial charge on any atom is -0.460 e. The van der Waals surface area contributed by atoms with Crippen LogP contribution in [0.3, 0.4) is 0 Å². The molecule has 4 rings (SSSR count). The number of sulfonamides is 1. The normalized spacial score (nSPS) is 14.7. The lowest BCUT2D eigenvalue weighted by Crippen LogP contribution is -2.30. The van der Waals surface area contributed by atoms with Gasteiger partial charge in [0.2, 0.25) is 10.0 Å². The van der Waals surface area contributed by atoms with Crippen molar-refractivity contribution in [3.63, 3.8) is 0 Å². The summed E-state index contributed by atoms with van der Waals surface area (Å²) in [5, 5.41) is 8.78. The molecule has 8 heteroatoms. The van der Waals surface area contributed by atoms with E-state index in [9.17, 15) is 13.2 Å². The van der Waals surface area contributed by atoms with Gasteiger partial charge in [0.25, 0.3) is 5.91 Å². The van der Waals surface area contributed by atoms with E-state index in [1.807, 2.05) is 60.7 Å². The molecule has 162 valence electrons. The van der Waals surface area contributed by atoms with E-state index in [0.717, 1.165) is 23.2 Å². The van der Waals surface area contributed by atoms with Gasteiger partial charge < -0.3 is 4.42 Å². The fourth-order valence-corrected chi connectivity index (χ4v) is 4.41. The van der Waals surface area contributed by atoms with Crippen LogP contribution in [0.15, 0.2) is 71.1 Å². The molecule has 0 spiro atoms. The molecule has 0 saturated heterocycles. The van der Waals surface area contributed by atoms with Crippen LogP contribution in [0.2, 0.25) is 0 Å². The first-order chi connectivity index (χ1) is 15.4. The van der Waals surface area contributed by atoms with Crippen LogP contribution >= 0.6 is 0 Å². The van der Waals surface area contributed by atoms with Crippen molar-refractivity contribution in [1.29, 1.82) is 5.26 Å². The zero-order chi connectivity index (χ0) is 22.7. The van der Waals surface area contributed by atoms with E-state index in [-0.39, 0.29) is 25.4 Å². The van der Waals surface area contributed by atoms with Crippen LogP contribution in [-0.4, -0.2) is 31.4 Å². The van der Waals surface area contributed by atoms with E-state index in [1.54, 1.807) is 23.1 Å². The highest BCUT2D eigenvalue weighted by Crippen LogP contribution is 2.42. The largest absolute Gasteiger partial charge is 0.460 e. The van der Waals surface area contributed by atoms with Crippen molar-refractivity contribution in [3.05, 3.63) is 83.8 Å². The third-order valence-corrected chi connectivity index (χ3v) is 6.38. The number of carbonyl (C=O) groups is 1. The first kappa shape index (κ1) is 21.6. The van der Waals surface area contributed by atoms with Crippen LogP contribution in [0.25, 0.3) is 11.6 Å². The fourth-order valence-electron chi connectivity index (χ4n) is 3.62. The van der Waals surface area contributed by atoms with Gasteiger partial charge in [-0.05, 0) is 36.4 Å². The minimum atomic E-state index is -3.49. The molecule has 32 heavy (non-hydrogen) atoms. The number of rotatable bonds is 7. The molecular weight excluding hydrogens is 426 g/mol. The monoisotopic (exact) mass is 447 g/mol. The number of nitrogens with zero attached hydrogens (tertiary/aromatic N) is 3. The van der Waals surface area contributed by atoms with Crippen molar-refractivity contribution < 1.29 is 17.6 Å². The summed E-state index contributed by atoms with van der Waals surface area (Å²) in [6.45, 7) is 0.106. The quantitative estimate of drug-likeness (QED) is 0.507. The second kappa shape index (κ2) is 8.83. The number of nitriles is 1. The summed E-state index contributed by atoms with van der Waals surface area (Å²) in [7, 11) is -3.49. The Morgan fingerprint density at radius 3 is 2.50 bits per heavy atom. The number of anilines is 2. The maximum Gasteiger partial charge on any atom is 0.263 e. The van der Waals surface area contributed by atoms with Gasteiger partial charge in [-0.15, -0.1) is 0 Å². The van der Waals surface area contributed by atoms with Crippen LogP contribution in [-0.2, 0) is 21.4 Å². The van der Waals surface area contributed by atoms with Gasteiger partial charge in [0.15, 0.2) is 0 Å². The summed E-state index contributed by atoms with van der Waals surface area (Å²) in [4.78, 5) is 15.0. The van der Waals surface area contributed by atoms with E-state index >= 15 is 0 Å². The van der Waals surface area contributed by atoms with Gasteiger partial charge in [0, 0.05) is 24.2 Å². The topological polar surface area (TPSA) is 94.6 Å². The molecule has 7 nitrogen and oxygen atoms in total. The predicted octanol–water partition coefficient (Wildman–Crippen LogP) is 4.17. The van der Waals surface area contributed by atoms with Crippen molar-refractivity contribution in [1.82, 2.24) is 4.31 Å². The molecule has 3 aromatic rings. The van der Waals surface area contributed by atoms with E-state index in [0.29, 0.717) is 17.1 Å². The molecule has 0 unspecified atom stereocenters. The Balaban J connectivity index is 1.64. The molecule has 0 aliphatic carbocycles. The maximum atomic E-state index is 13.3. The molecule has 0 saturated carbocycles. The number of fused-ring (bicyclic) bond motifs is 1. The summed E-state index contributed by atoms with van der Waals surface area (Å²) >= 11 is 0. The Kier molecular flexibility index (Phi) is 5.95. The first-order valence-corrected chi connectivity index (χ1v) is 11.8. The number of hydrogen-bond acceptors (Lipinski definition) is 5. The zero-order valence-corrected chi connectivity index (χ0v) is 18.2. The van der Waals surface area contributed by atoms with Crippen molar-refractivity contribution >= 4 is 39.0 Å². The number of amides is 1. The number of carbonyl (C=O) groups excluding carboxylic acids is 1. The van der Waals surface area contributed by atoms with E-state index in [2.05, 4.69) is 0 Å². The van der Waals surface area contributed by atoms with E-state index < -0.39 is 10.0 Å². The van der Waals surface area contributed by atoms with Gasteiger partial charge >= 0.3 is 0 Å². The molecule has 0 fully saturated rings. The maximum absolute atomic E-state index is 13.3. The van der Waals surface area contributed by atoms with Crippen LogP contribution in [0, 0.1) is 11.3 Å². The molecule has 1 aliphatic heterocycles. The van der Waals surface area contributed by atoms with Gasteiger partial charge in [-0.1, -0.05) is 36.4 Å². The molecule has 2 heterocycles. The van der Waals surface area contributed by atoms with Crippen molar-refractivity contribution in [2.24, 2.45) is 0 Å². The van der Waals surface area contributed by atoms with Crippen LogP contribution in [0.5, 0.6) is 0 Å². The smallest absolute Gasteiger partial charge is 0.263 e. The Morgan fingerprint density at radius 2 is 1.78 bits per heavy atom. The van der Waals surface area contributed by atoms with Crippen molar-refractivity contribution in [2.45, 2.75) is 13.0 Å².